The standard InChI is InChI=1S/C24H27NO5/c1-27-19-8-13-14-9-20(28-2)22(30-4)11-16(14)23-17(15(13)10-21(19)29-3)12-25-7-5-6-18(25)24(23)26/h8-11,18,24,26H,5-7,12H2,1-4H3/t18-,24-/m1/s1. The molecule has 158 valence electrons. The van der Waals surface area contributed by atoms with Gasteiger partial charge >= 0.3 is 0 Å². The summed E-state index contributed by atoms with van der Waals surface area (Å²) < 4.78 is 22.4. The van der Waals surface area contributed by atoms with Gasteiger partial charge in [0, 0.05) is 12.6 Å². The Labute approximate surface area is 175 Å². The molecule has 0 radical (unpaired) electrons. The molecule has 3 aromatic carbocycles. The van der Waals surface area contributed by atoms with Crippen LogP contribution >= 0.6 is 0 Å². The second-order valence-electron chi connectivity index (χ2n) is 8.02. The van der Waals surface area contributed by atoms with E-state index in [0.29, 0.717) is 23.0 Å². The van der Waals surface area contributed by atoms with Crippen LogP contribution in [0.2, 0.25) is 0 Å². The van der Waals surface area contributed by atoms with Gasteiger partial charge in [-0.25, -0.2) is 0 Å². The molecule has 1 fully saturated rings. The number of nitrogens with zero attached hydrogens (tertiary/aromatic N) is 1. The Morgan fingerprint density at radius 3 is 1.83 bits per heavy atom. The number of aliphatic hydroxyl groups excluding tert-OH is 1. The van der Waals surface area contributed by atoms with Crippen LogP contribution in [0.4, 0.5) is 0 Å². The predicted octanol–water partition coefficient (Wildman–Crippen LogP) is 4.04. The molecule has 0 saturated carbocycles. The van der Waals surface area contributed by atoms with Crippen LogP contribution in [0, 0.1) is 0 Å². The average molecular weight is 409 g/mol. The van der Waals surface area contributed by atoms with Gasteiger partial charge in [-0.1, -0.05) is 0 Å². The molecule has 1 saturated heterocycles. The fraction of sp³-hybridized carbons (Fsp3) is 0.417. The number of fused-ring (bicyclic) bond motifs is 7. The van der Waals surface area contributed by atoms with Crippen molar-refractivity contribution in [1.82, 2.24) is 4.90 Å². The highest BCUT2D eigenvalue weighted by Crippen LogP contribution is 2.48. The van der Waals surface area contributed by atoms with Gasteiger partial charge in [-0.2, -0.15) is 0 Å². The van der Waals surface area contributed by atoms with Crippen LogP contribution in [0.1, 0.15) is 30.1 Å². The molecule has 0 spiro atoms. The fourth-order valence-corrected chi connectivity index (χ4v) is 5.29. The number of ether oxygens (including phenoxy) is 4. The topological polar surface area (TPSA) is 60.4 Å². The molecule has 0 bridgehead atoms. The molecule has 0 aliphatic carbocycles. The van der Waals surface area contributed by atoms with E-state index in [1.165, 1.54) is 0 Å². The minimum absolute atomic E-state index is 0.159. The minimum Gasteiger partial charge on any atom is -0.493 e. The first-order valence-corrected chi connectivity index (χ1v) is 10.3. The van der Waals surface area contributed by atoms with Gasteiger partial charge in [0.05, 0.1) is 34.5 Å². The second-order valence-corrected chi connectivity index (χ2v) is 8.02. The molecule has 5 rings (SSSR count). The highest BCUT2D eigenvalue weighted by Gasteiger charge is 2.39. The summed E-state index contributed by atoms with van der Waals surface area (Å²) in [6, 6.07) is 8.21. The van der Waals surface area contributed by atoms with Gasteiger partial charge in [-0.15, -0.1) is 0 Å². The lowest BCUT2D eigenvalue weighted by atomic mass is 9.83. The quantitative estimate of drug-likeness (QED) is 0.657. The van der Waals surface area contributed by atoms with Crippen LogP contribution in [0.3, 0.4) is 0 Å². The van der Waals surface area contributed by atoms with Gasteiger partial charge in [0.25, 0.3) is 0 Å². The third kappa shape index (κ3) is 2.63. The molecule has 6 nitrogen and oxygen atoms in total. The van der Waals surface area contributed by atoms with Crippen LogP contribution in [-0.4, -0.2) is 51.0 Å². The Morgan fingerprint density at radius 2 is 1.27 bits per heavy atom. The van der Waals surface area contributed by atoms with Crippen LogP contribution in [0.15, 0.2) is 24.3 Å². The summed E-state index contributed by atoms with van der Waals surface area (Å²) >= 11 is 0. The van der Waals surface area contributed by atoms with Crippen molar-refractivity contribution < 1.29 is 24.1 Å². The third-order valence-corrected chi connectivity index (χ3v) is 6.71. The van der Waals surface area contributed by atoms with E-state index in [4.69, 9.17) is 18.9 Å². The summed E-state index contributed by atoms with van der Waals surface area (Å²) in [5.74, 6) is 2.68. The van der Waals surface area contributed by atoms with E-state index in [0.717, 1.165) is 58.6 Å². The van der Waals surface area contributed by atoms with Crippen LogP contribution in [-0.2, 0) is 6.54 Å². The predicted molar refractivity (Wildman–Crippen MR) is 116 cm³/mol. The molecule has 30 heavy (non-hydrogen) atoms. The van der Waals surface area contributed by atoms with E-state index in [-0.39, 0.29) is 6.04 Å². The summed E-state index contributed by atoms with van der Waals surface area (Å²) in [6.07, 6.45) is 1.58. The monoisotopic (exact) mass is 409 g/mol. The molecule has 3 aromatic rings. The van der Waals surface area contributed by atoms with E-state index in [1.807, 2.05) is 24.3 Å². The fourth-order valence-electron chi connectivity index (χ4n) is 5.29. The van der Waals surface area contributed by atoms with Gasteiger partial charge in [-0.3, -0.25) is 4.90 Å². The number of hydrogen-bond donors (Lipinski definition) is 1. The zero-order valence-corrected chi connectivity index (χ0v) is 17.8. The molecule has 2 atom stereocenters. The molecule has 0 unspecified atom stereocenters. The Morgan fingerprint density at radius 1 is 0.767 bits per heavy atom. The van der Waals surface area contributed by atoms with E-state index >= 15 is 0 Å². The number of benzene rings is 3. The van der Waals surface area contributed by atoms with E-state index in [9.17, 15) is 5.11 Å². The summed E-state index contributed by atoms with van der Waals surface area (Å²) in [5.41, 5.74) is 2.14. The Bertz CT molecular complexity index is 1140. The molecular formula is C24H27NO5. The van der Waals surface area contributed by atoms with Gasteiger partial charge in [0.1, 0.15) is 0 Å². The molecule has 0 aromatic heterocycles. The van der Waals surface area contributed by atoms with Crippen molar-refractivity contribution in [2.24, 2.45) is 0 Å². The van der Waals surface area contributed by atoms with Gasteiger partial charge < -0.3 is 24.1 Å². The molecule has 2 aliphatic heterocycles. The lowest BCUT2D eigenvalue weighted by molar-refractivity contribution is 0.0552. The molecular weight excluding hydrogens is 382 g/mol. The highest BCUT2D eigenvalue weighted by molar-refractivity contribution is 6.13. The Kier molecular flexibility index (Phi) is 4.64. The smallest absolute Gasteiger partial charge is 0.161 e. The van der Waals surface area contributed by atoms with Crippen LogP contribution < -0.4 is 18.9 Å². The molecule has 0 amide bonds. The summed E-state index contributed by atoms with van der Waals surface area (Å²) in [7, 11) is 6.57. The van der Waals surface area contributed by atoms with E-state index in [2.05, 4.69) is 4.90 Å². The van der Waals surface area contributed by atoms with Crippen molar-refractivity contribution in [1.29, 1.82) is 0 Å². The third-order valence-electron chi connectivity index (χ3n) is 6.71. The van der Waals surface area contributed by atoms with Gasteiger partial charge in [0.2, 0.25) is 0 Å². The maximum atomic E-state index is 11.4. The van der Waals surface area contributed by atoms with Gasteiger partial charge in [-0.05, 0) is 76.3 Å². The normalized spacial score (nSPS) is 20.8. The first kappa shape index (κ1) is 19.3. The second kappa shape index (κ2) is 7.22. The molecule has 2 aliphatic rings. The number of hydrogen-bond acceptors (Lipinski definition) is 6. The Balaban J connectivity index is 1.94. The number of aliphatic hydroxyl groups is 1. The lowest BCUT2D eigenvalue weighted by Gasteiger charge is -2.37. The Hall–Kier alpha value is -2.70. The largest absolute Gasteiger partial charge is 0.493 e. The van der Waals surface area contributed by atoms with Crippen molar-refractivity contribution in [2.45, 2.75) is 31.5 Å². The first-order valence-electron chi connectivity index (χ1n) is 10.3. The number of rotatable bonds is 4. The molecule has 6 heteroatoms. The van der Waals surface area contributed by atoms with Crippen molar-refractivity contribution in [3.05, 3.63) is 35.4 Å². The maximum absolute atomic E-state index is 11.4. The summed E-state index contributed by atoms with van der Waals surface area (Å²) in [4.78, 5) is 2.40. The van der Waals surface area contributed by atoms with Crippen molar-refractivity contribution in [2.75, 3.05) is 35.0 Å². The molecule has 1 N–H and O–H groups in total. The zero-order chi connectivity index (χ0) is 21.0. The first-order chi connectivity index (χ1) is 14.6. The molecule has 2 heterocycles. The zero-order valence-electron chi connectivity index (χ0n) is 17.8. The van der Waals surface area contributed by atoms with Crippen molar-refractivity contribution in [3.63, 3.8) is 0 Å². The average Bonchev–Trinajstić information content (AvgIpc) is 3.26. The van der Waals surface area contributed by atoms with Crippen LogP contribution in [0.25, 0.3) is 21.5 Å². The van der Waals surface area contributed by atoms with Crippen molar-refractivity contribution >= 4 is 21.5 Å². The summed E-state index contributed by atoms with van der Waals surface area (Å²) in [6.45, 7) is 1.83. The van der Waals surface area contributed by atoms with Crippen molar-refractivity contribution in [3.8, 4) is 23.0 Å². The van der Waals surface area contributed by atoms with E-state index < -0.39 is 6.10 Å². The lowest BCUT2D eigenvalue weighted by Crippen LogP contribution is -2.39. The maximum Gasteiger partial charge on any atom is 0.161 e. The minimum atomic E-state index is -0.547. The van der Waals surface area contributed by atoms with Crippen LogP contribution in [0.5, 0.6) is 23.0 Å². The summed E-state index contributed by atoms with van der Waals surface area (Å²) in [5, 5.41) is 15.6. The van der Waals surface area contributed by atoms with E-state index in [1.54, 1.807) is 28.4 Å². The number of methoxy groups -OCH3 is 4. The van der Waals surface area contributed by atoms with Gasteiger partial charge in [0.15, 0.2) is 23.0 Å². The highest BCUT2D eigenvalue weighted by atomic mass is 16.5. The SMILES string of the molecule is COc1cc2c3c(c4cc(OC)c(OC)cc4c2cc1OC)[C@H](O)[C@H]1CCCN1C3.